The highest BCUT2D eigenvalue weighted by Crippen LogP contribution is 2.29. The third kappa shape index (κ3) is 4.96. The van der Waals surface area contributed by atoms with Crippen LogP contribution in [0.2, 0.25) is 0 Å². The molecule has 0 aliphatic carbocycles. The van der Waals surface area contributed by atoms with Gasteiger partial charge in [-0.1, -0.05) is 13.3 Å². The molecule has 4 nitrogen and oxygen atoms in total. The molecular formula is C15H23NO3S. The van der Waals surface area contributed by atoms with Crippen LogP contribution in [0.15, 0.2) is 18.2 Å². The van der Waals surface area contributed by atoms with E-state index in [4.69, 9.17) is 9.47 Å². The molecule has 1 amide bonds. The topological polar surface area (TPSA) is 47.6 Å². The third-order valence-corrected chi connectivity index (χ3v) is 4.14. The summed E-state index contributed by atoms with van der Waals surface area (Å²) in [6.07, 6.45) is 2.27. The molecule has 0 spiro atoms. The minimum absolute atomic E-state index is 0.0161. The molecule has 0 bridgehead atoms. The lowest BCUT2D eigenvalue weighted by Gasteiger charge is -2.15. The maximum absolute atomic E-state index is 12.1. The van der Waals surface area contributed by atoms with E-state index in [2.05, 4.69) is 12.2 Å². The van der Waals surface area contributed by atoms with Crippen LogP contribution in [0.4, 0.5) is 5.69 Å². The van der Waals surface area contributed by atoms with E-state index in [9.17, 15) is 4.79 Å². The van der Waals surface area contributed by atoms with E-state index in [0.29, 0.717) is 17.2 Å². The van der Waals surface area contributed by atoms with E-state index in [1.807, 2.05) is 6.92 Å². The molecule has 1 rings (SSSR count). The molecule has 0 radical (unpaired) electrons. The fraction of sp³-hybridized carbons (Fsp3) is 0.533. The number of benzene rings is 1. The maximum atomic E-state index is 12.1. The number of methoxy groups -OCH3 is 2. The van der Waals surface area contributed by atoms with Crippen molar-refractivity contribution in [2.75, 3.05) is 25.3 Å². The number of anilines is 1. The number of rotatable bonds is 8. The Hall–Kier alpha value is -1.36. The quantitative estimate of drug-likeness (QED) is 0.745. The molecule has 0 saturated heterocycles. The van der Waals surface area contributed by atoms with Crippen molar-refractivity contribution in [2.24, 2.45) is 0 Å². The van der Waals surface area contributed by atoms with Gasteiger partial charge in [-0.05, 0) is 31.2 Å². The predicted octanol–water partition coefficient (Wildman–Crippen LogP) is 3.56. The number of unbranched alkanes of at least 4 members (excludes halogenated alkanes) is 1. The molecule has 5 heteroatoms. The van der Waals surface area contributed by atoms with Gasteiger partial charge in [0.2, 0.25) is 5.91 Å². The van der Waals surface area contributed by atoms with Crippen molar-refractivity contribution < 1.29 is 14.3 Å². The predicted molar refractivity (Wildman–Crippen MR) is 85.0 cm³/mol. The Morgan fingerprint density at radius 1 is 1.35 bits per heavy atom. The van der Waals surface area contributed by atoms with E-state index < -0.39 is 0 Å². The first-order valence-electron chi connectivity index (χ1n) is 6.76. The minimum Gasteiger partial charge on any atom is -0.497 e. The van der Waals surface area contributed by atoms with Crippen molar-refractivity contribution >= 4 is 23.4 Å². The first kappa shape index (κ1) is 16.7. The summed E-state index contributed by atoms with van der Waals surface area (Å²) < 4.78 is 10.4. The number of carbonyl (C=O) groups excluding carboxylic acids is 1. The van der Waals surface area contributed by atoms with Crippen LogP contribution in [0.3, 0.4) is 0 Å². The van der Waals surface area contributed by atoms with E-state index in [0.717, 1.165) is 18.6 Å². The van der Waals surface area contributed by atoms with E-state index >= 15 is 0 Å². The first-order chi connectivity index (χ1) is 9.62. The zero-order valence-corrected chi connectivity index (χ0v) is 13.4. The van der Waals surface area contributed by atoms with Crippen LogP contribution < -0.4 is 14.8 Å². The zero-order chi connectivity index (χ0) is 15.0. The summed E-state index contributed by atoms with van der Waals surface area (Å²) >= 11 is 1.67. The maximum Gasteiger partial charge on any atom is 0.237 e. The average Bonchev–Trinajstić information content (AvgIpc) is 2.47. The Kier molecular flexibility index (Phi) is 7.30. The highest BCUT2D eigenvalue weighted by molar-refractivity contribution is 8.00. The number of carbonyl (C=O) groups is 1. The summed E-state index contributed by atoms with van der Waals surface area (Å²) in [6.45, 7) is 4.06. The van der Waals surface area contributed by atoms with Crippen LogP contribution in [0, 0.1) is 0 Å². The number of hydrogen-bond acceptors (Lipinski definition) is 4. The number of amides is 1. The van der Waals surface area contributed by atoms with Crippen molar-refractivity contribution in [3.8, 4) is 11.5 Å². The molecule has 0 aliphatic rings. The molecule has 1 N–H and O–H groups in total. The fourth-order valence-electron chi connectivity index (χ4n) is 1.63. The molecule has 112 valence electrons. The number of ether oxygens (including phenoxy) is 2. The summed E-state index contributed by atoms with van der Waals surface area (Å²) in [7, 11) is 3.17. The number of nitrogens with one attached hydrogen (secondary N) is 1. The van der Waals surface area contributed by atoms with Crippen molar-refractivity contribution in [1.29, 1.82) is 0 Å². The minimum atomic E-state index is -0.0857. The second kappa shape index (κ2) is 8.74. The smallest absolute Gasteiger partial charge is 0.237 e. The highest BCUT2D eigenvalue weighted by Gasteiger charge is 2.15. The van der Waals surface area contributed by atoms with Crippen molar-refractivity contribution in [1.82, 2.24) is 0 Å². The van der Waals surface area contributed by atoms with Gasteiger partial charge < -0.3 is 14.8 Å². The van der Waals surface area contributed by atoms with Crippen molar-refractivity contribution in [3.63, 3.8) is 0 Å². The molecule has 0 saturated carbocycles. The van der Waals surface area contributed by atoms with Gasteiger partial charge in [-0.25, -0.2) is 0 Å². The van der Waals surface area contributed by atoms with E-state index in [1.165, 1.54) is 0 Å². The molecule has 0 aliphatic heterocycles. The second-order valence-electron chi connectivity index (χ2n) is 4.42. The van der Waals surface area contributed by atoms with Crippen LogP contribution in [-0.2, 0) is 4.79 Å². The van der Waals surface area contributed by atoms with E-state index in [-0.39, 0.29) is 11.2 Å². The summed E-state index contributed by atoms with van der Waals surface area (Å²) in [6, 6.07) is 5.34. The Labute approximate surface area is 125 Å². The first-order valence-corrected chi connectivity index (χ1v) is 7.81. The molecule has 1 atom stereocenters. The third-order valence-electron chi connectivity index (χ3n) is 2.90. The van der Waals surface area contributed by atoms with Crippen molar-refractivity contribution in [2.45, 2.75) is 31.9 Å². The normalized spacial score (nSPS) is 11.8. The summed E-state index contributed by atoms with van der Waals surface area (Å²) in [5.41, 5.74) is 0.639. The van der Waals surface area contributed by atoms with Crippen LogP contribution in [-0.4, -0.2) is 31.1 Å². The summed E-state index contributed by atoms with van der Waals surface area (Å²) in [5, 5.41) is 2.81. The molecule has 20 heavy (non-hydrogen) atoms. The monoisotopic (exact) mass is 297 g/mol. The molecule has 0 fully saturated rings. The molecule has 1 unspecified atom stereocenters. The molecule has 0 heterocycles. The lowest BCUT2D eigenvalue weighted by molar-refractivity contribution is -0.115. The Morgan fingerprint density at radius 3 is 2.70 bits per heavy atom. The largest absolute Gasteiger partial charge is 0.497 e. The Balaban J connectivity index is 2.68. The van der Waals surface area contributed by atoms with Gasteiger partial charge in [0.1, 0.15) is 11.5 Å². The SMILES string of the molecule is CCCCSC(C)C(=O)Nc1cc(OC)ccc1OC. The second-order valence-corrected chi connectivity index (χ2v) is 5.87. The number of thioether (sulfide) groups is 1. The van der Waals surface area contributed by atoms with Crippen LogP contribution >= 0.6 is 11.8 Å². The summed E-state index contributed by atoms with van der Waals surface area (Å²) in [5.74, 6) is 2.30. The average molecular weight is 297 g/mol. The van der Waals surface area contributed by atoms with Gasteiger partial charge in [0.05, 0.1) is 25.2 Å². The summed E-state index contributed by atoms with van der Waals surface area (Å²) in [4.78, 5) is 12.1. The zero-order valence-electron chi connectivity index (χ0n) is 12.6. The van der Waals surface area contributed by atoms with Crippen LogP contribution in [0.5, 0.6) is 11.5 Å². The molecule has 1 aromatic carbocycles. The highest BCUT2D eigenvalue weighted by atomic mass is 32.2. The Morgan fingerprint density at radius 2 is 2.10 bits per heavy atom. The van der Waals surface area contributed by atoms with Gasteiger partial charge in [-0.15, -0.1) is 11.8 Å². The van der Waals surface area contributed by atoms with Gasteiger partial charge in [0, 0.05) is 6.07 Å². The molecular weight excluding hydrogens is 274 g/mol. The van der Waals surface area contributed by atoms with Crippen LogP contribution in [0.25, 0.3) is 0 Å². The molecule has 0 aromatic heterocycles. The van der Waals surface area contributed by atoms with Gasteiger partial charge in [0.15, 0.2) is 0 Å². The fourth-order valence-corrected chi connectivity index (χ4v) is 2.65. The van der Waals surface area contributed by atoms with Crippen LogP contribution in [0.1, 0.15) is 26.7 Å². The van der Waals surface area contributed by atoms with E-state index in [1.54, 1.807) is 44.2 Å². The van der Waals surface area contributed by atoms with Gasteiger partial charge in [-0.3, -0.25) is 4.79 Å². The standard InChI is InChI=1S/C15H23NO3S/c1-5-6-9-20-11(2)15(17)16-13-10-12(18-3)7-8-14(13)19-4/h7-8,10-11H,5-6,9H2,1-4H3,(H,16,17). The lowest BCUT2D eigenvalue weighted by Crippen LogP contribution is -2.23. The lowest BCUT2D eigenvalue weighted by atomic mass is 10.2. The van der Waals surface area contributed by atoms with Gasteiger partial charge >= 0.3 is 0 Å². The van der Waals surface area contributed by atoms with Gasteiger partial charge in [0.25, 0.3) is 0 Å². The Bertz CT molecular complexity index is 437. The molecule has 1 aromatic rings. The van der Waals surface area contributed by atoms with Gasteiger partial charge in [-0.2, -0.15) is 0 Å². The number of hydrogen-bond donors (Lipinski definition) is 1. The van der Waals surface area contributed by atoms with Crippen molar-refractivity contribution in [3.05, 3.63) is 18.2 Å².